The molecule has 4 rings (SSSR count). The topological polar surface area (TPSA) is 69.0 Å². The number of likely N-dealkylation sites (N-methyl/N-ethyl adjacent to an activating group) is 1. The van der Waals surface area contributed by atoms with Crippen LogP contribution in [0, 0.1) is 11.3 Å². The van der Waals surface area contributed by atoms with Crippen LogP contribution in [0.4, 0.5) is 0 Å². The van der Waals surface area contributed by atoms with Gasteiger partial charge in [0, 0.05) is 45.8 Å². The van der Waals surface area contributed by atoms with Gasteiger partial charge in [-0.15, -0.1) is 0 Å². The molecule has 7 nitrogen and oxygen atoms in total. The van der Waals surface area contributed by atoms with Gasteiger partial charge in [-0.25, -0.2) is 0 Å². The van der Waals surface area contributed by atoms with Crippen LogP contribution >= 0.6 is 0 Å². The van der Waals surface area contributed by atoms with Crippen LogP contribution in [0.3, 0.4) is 0 Å². The lowest BCUT2D eigenvalue weighted by Crippen LogP contribution is -2.49. The highest BCUT2D eigenvalue weighted by Crippen LogP contribution is 2.32. The van der Waals surface area contributed by atoms with Gasteiger partial charge in [-0.3, -0.25) is 14.6 Å². The van der Waals surface area contributed by atoms with Gasteiger partial charge in [-0.1, -0.05) is 18.2 Å². The highest BCUT2D eigenvalue weighted by Gasteiger charge is 2.22. The Labute approximate surface area is 183 Å². The first kappa shape index (κ1) is 21.2. The molecule has 0 saturated carbocycles. The zero-order valence-corrected chi connectivity index (χ0v) is 17.9. The summed E-state index contributed by atoms with van der Waals surface area (Å²) in [7, 11) is 0. The second-order valence-corrected chi connectivity index (χ2v) is 7.96. The fraction of sp³-hybridized carbons (Fsp3) is 0.417. The molecule has 1 fully saturated rings. The Kier molecular flexibility index (Phi) is 6.70. The highest BCUT2D eigenvalue weighted by molar-refractivity contribution is 5.78. The van der Waals surface area contributed by atoms with E-state index in [1.54, 1.807) is 0 Å². The molecule has 7 heteroatoms. The van der Waals surface area contributed by atoms with Crippen molar-refractivity contribution in [3.05, 3.63) is 59.2 Å². The van der Waals surface area contributed by atoms with Gasteiger partial charge in [-0.05, 0) is 42.3 Å². The molecular weight excluding hydrogens is 392 g/mol. The molecule has 162 valence electrons. The SMILES string of the molecule is CCN(Cc1ccc2c(c1)OCO2)C(=O)CN1CCN(Cc2ccc(C#N)cc2)CC1. The average molecular weight is 421 g/mol. The van der Waals surface area contributed by atoms with Crippen molar-refractivity contribution in [2.75, 3.05) is 46.1 Å². The zero-order valence-electron chi connectivity index (χ0n) is 17.9. The Balaban J connectivity index is 1.25. The van der Waals surface area contributed by atoms with Crippen molar-refractivity contribution in [1.29, 1.82) is 5.26 Å². The van der Waals surface area contributed by atoms with Crippen LogP contribution in [0.15, 0.2) is 42.5 Å². The summed E-state index contributed by atoms with van der Waals surface area (Å²) in [6.45, 7) is 8.46. The van der Waals surface area contributed by atoms with Gasteiger partial charge in [0.05, 0.1) is 18.2 Å². The minimum atomic E-state index is 0.153. The second-order valence-electron chi connectivity index (χ2n) is 7.96. The van der Waals surface area contributed by atoms with E-state index in [1.807, 2.05) is 54.3 Å². The van der Waals surface area contributed by atoms with Crippen LogP contribution in [0.5, 0.6) is 11.5 Å². The van der Waals surface area contributed by atoms with E-state index in [4.69, 9.17) is 14.7 Å². The standard InChI is InChI=1S/C24H28N4O3/c1-2-28(16-21-7-8-22-23(13-21)31-18-30-22)24(29)17-27-11-9-26(10-12-27)15-20-5-3-19(14-25)4-6-20/h3-8,13H,2,9-12,15-18H2,1H3. The Bertz CT molecular complexity index is 946. The first-order chi connectivity index (χ1) is 15.1. The normalized spacial score (nSPS) is 16.1. The van der Waals surface area contributed by atoms with Crippen molar-refractivity contribution in [2.24, 2.45) is 0 Å². The lowest BCUT2D eigenvalue weighted by molar-refractivity contribution is -0.133. The van der Waals surface area contributed by atoms with Crippen LogP contribution in [-0.4, -0.2) is 66.7 Å². The summed E-state index contributed by atoms with van der Waals surface area (Å²) in [4.78, 5) is 19.4. The fourth-order valence-electron chi connectivity index (χ4n) is 3.98. The summed E-state index contributed by atoms with van der Waals surface area (Å²) in [6.07, 6.45) is 0. The van der Waals surface area contributed by atoms with Crippen molar-refractivity contribution < 1.29 is 14.3 Å². The third-order valence-corrected chi connectivity index (χ3v) is 5.86. The third kappa shape index (κ3) is 5.35. The molecule has 1 amide bonds. The number of piperazine rings is 1. The lowest BCUT2D eigenvalue weighted by Gasteiger charge is -2.35. The molecule has 0 spiro atoms. The Morgan fingerprint density at radius 2 is 1.68 bits per heavy atom. The van der Waals surface area contributed by atoms with Crippen LogP contribution in [0.25, 0.3) is 0 Å². The van der Waals surface area contributed by atoms with Gasteiger partial charge >= 0.3 is 0 Å². The molecule has 0 N–H and O–H groups in total. The first-order valence-corrected chi connectivity index (χ1v) is 10.7. The number of hydrogen-bond acceptors (Lipinski definition) is 6. The molecule has 2 heterocycles. The maximum atomic E-state index is 12.9. The molecule has 0 aromatic heterocycles. The molecule has 0 radical (unpaired) electrons. The van der Waals surface area contributed by atoms with Crippen molar-refractivity contribution in [3.8, 4) is 17.6 Å². The smallest absolute Gasteiger partial charge is 0.237 e. The number of nitriles is 1. The van der Waals surface area contributed by atoms with E-state index >= 15 is 0 Å². The van der Waals surface area contributed by atoms with Gasteiger partial charge in [0.1, 0.15) is 0 Å². The van der Waals surface area contributed by atoms with E-state index in [9.17, 15) is 4.79 Å². The lowest BCUT2D eigenvalue weighted by atomic mass is 10.1. The summed E-state index contributed by atoms with van der Waals surface area (Å²) in [5, 5.41) is 8.92. The minimum Gasteiger partial charge on any atom is -0.454 e. The van der Waals surface area contributed by atoms with E-state index in [2.05, 4.69) is 15.9 Å². The van der Waals surface area contributed by atoms with Crippen LogP contribution < -0.4 is 9.47 Å². The molecule has 0 unspecified atom stereocenters. The number of rotatable bonds is 7. The van der Waals surface area contributed by atoms with Crippen molar-refractivity contribution >= 4 is 5.91 Å². The van der Waals surface area contributed by atoms with E-state index in [0.29, 0.717) is 25.2 Å². The summed E-state index contributed by atoms with van der Waals surface area (Å²) in [5.74, 6) is 1.66. The molecule has 31 heavy (non-hydrogen) atoms. The van der Waals surface area contributed by atoms with E-state index < -0.39 is 0 Å². The summed E-state index contributed by atoms with van der Waals surface area (Å²) < 4.78 is 10.8. The number of nitrogens with zero attached hydrogens (tertiary/aromatic N) is 4. The Hall–Kier alpha value is -3.08. The maximum absolute atomic E-state index is 12.9. The predicted octanol–water partition coefficient (Wildman–Crippen LogP) is 2.45. The quantitative estimate of drug-likeness (QED) is 0.685. The fourth-order valence-corrected chi connectivity index (χ4v) is 3.98. The molecular formula is C24H28N4O3. The van der Waals surface area contributed by atoms with Crippen LogP contribution in [0.1, 0.15) is 23.6 Å². The number of carbonyl (C=O) groups excluding carboxylic acids is 1. The van der Waals surface area contributed by atoms with Crippen molar-refractivity contribution in [1.82, 2.24) is 14.7 Å². The monoisotopic (exact) mass is 420 g/mol. The molecule has 0 aliphatic carbocycles. The van der Waals surface area contributed by atoms with Gasteiger partial charge in [0.2, 0.25) is 12.7 Å². The number of benzene rings is 2. The average Bonchev–Trinajstić information content (AvgIpc) is 3.27. The molecule has 2 aliphatic heterocycles. The van der Waals surface area contributed by atoms with E-state index in [0.717, 1.165) is 49.8 Å². The summed E-state index contributed by atoms with van der Waals surface area (Å²) in [6, 6.07) is 15.8. The van der Waals surface area contributed by atoms with Crippen molar-refractivity contribution in [3.63, 3.8) is 0 Å². The largest absolute Gasteiger partial charge is 0.454 e. The molecule has 1 saturated heterocycles. The minimum absolute atomic E-state index is 0.153. The summed E-state index contributed by atoms with van der Waals surface area (Å²) in [5.41, 5.74) is 2.95. The molecule has 2 aliphatic rings. The maximum Gasteiger partial charge on any atom is 0.237 e. The van der Waals surface area contributed by atoms with Crippen LogP contribution in [0.2, 0.25) is 0 Å². The second kappa shape index (κ2) is 9.82. The molecule has 0 atom stereocenters. The summed E-state index contributed by atoms with van der Waals surface area (Å²) >= 11 is 0. The van der Waals surface area contributed by atoms with E-state index in [1.165, 1.54) is 5.56 Å². The van der Waals surface area contributed by atoms with E-state index in [-0.39, 0.29) is 12.7 Å². The zero-order chi connectivity index (χ0) is 21.6. The molecule has 2 aromatic carbocycles. The van der Waals surface area contributed by atoms with Gasteiger partial charge in [0.15, 0.2) is 11.5 Å². The van der Waals surface area contributed by atoms with Gasteiger partial charge in [0.25, 0.3) is 0 Å². The number of carbonyl (C=O) groups is 1. The Morgan fingerprint density at radius 1 is 1.00 bits per heavy atom. The van der Waals surface area contributed by atoms with Crippen molar-refractivity contribution in [2.45, 2.75) is 20.0 Å². The third-order valence-electron chi connectivity index (χ3n) is 5.86. The number of ether oxygens (including phenoxy) is 2. The Morgan fingerprint density at radius 3 is 2.39 bits per heavy atom. The van der Waals surface area contributed by atoms with Gasteiger partial charge < -0.3 is 14.4 Å². The first-order valence-electron chi connectivity index (χ1n) is 10.7. The number of fused-ring (bicyclic) bond motifs is 1. The molecule has 2 aromatic rings. The number of amides is 1. The van der Waals surface area contributed by atoms with Gasteiger partial charge in [-0.2, -0.15) is 5.26 Å². The van der Waals surface area contributed by atoms with Crippen LogP contribution in [-0.2, 0) is 17.9 Å². The molecule has 0 bridgehead atoms. The number of hydrogen-bond donors (Lipinski definition) is 0. The highest BCUT2D eigenvalue weighted by atomic mass is 16.7. The predicted molar refractivity (Wildman–Crippen MR) is 117 cm³/mol.